The Labute approximate surface area is 197 Å². The molecule has 0 saturated carbocycles. The van der Waals surface area contributed by atoms with Gasteiger partial charge in [0, 0.05) is 13.1 Å². The van der Waals surface area contributed by atoms with Gasteiger partial charge < -0.3 is 20.3 Å². The van der Waals surface area contributed by atoms with Crippen LogP contribution in [-0.2, 0) is 25.7 Å². The van der Waals surface area contributed by atoms with Crippen LogP contribution in [0.15, 0.2) is 29.8 Å². The predicted octanol–water partition coefficient (Wildman–Crippen LogP) is 2.27. The van der Waals surface area contributed by atoms with Crippen molar-refractivity contribution in [3.8, 4) is 10.4 Å². The zero-order valence-corrected chi connectivity index (χ0v) is 20.0. The highest BCUT2D eigenvalue weighted by molar-refractivity contribution is 7.13. The van der Waals surface area contributed by atoms with Gasteiger partial charge in [0.1, 0.15) is 12.1 Å². The summed E-state index contributed by atoms with van der Waals surface area (Å²) in [5.41, 5.74) is 4.36. The summed E-state index contributed by atoms with van der Waals surface area (Å²) in [5, 5.41) is 5.76. The number of benzene rings is 1. The number of hydrogen-bond acceptors (Lipinski definition) is 6. The van der Waals surface area contributed by atoms with Gasteiger partial charge in [-0.25, -0.2) is 4.98 Å². The Morgan fingerprint density at radius 1 is 1.27 bits per heavy atom. The Kier molecular flexibility index (Phi) is 6.81. The third-order valence-corrected chi connectivity index (χ3v) is 7.35. The second kappa shape index (κ2) is 9.61. The first-order valence-electron chi connectivity index (χ1n) is 11.2. The average Bonchev–Trinajstić information content (AvgIpc) is 3.44. The molecular weight excluding hydrogens is 440 g/mol. The number of aryl methyl sites for hydroxylation is 1. The summed E-state index contributed by atoms with van der Waals surface area (Å²) in [6, 6.07) is 6.85. The summed E-state index contributed by atoms with van der Waals surface area (Å²) in [7, 11) is 0. The monoisotopic (exact) mass is 470 g/mol. The van der Waals surface area contributed by atoms with Crippen LogP contribution >= 0.6 is 11.3 Å². The van der Waals surface area contributed by atoms with Crippen molar-refractivity contribution in [3.05, 3.63) is 41.0 Å². The van der Waals surface area contributed by atoms with Crippen LogP contribution in [0.3, 0.4) is 0 Å². The third kappa shape index (κ3) is 4.94. The maximum atomic E-state index is 13.0. The van der Waals surface area contributed by atoms with E-state index in [4.69, 9.17) is 4.74 Å². The lowest BCUT2D eigenvalue weighted by molar-refractivity contribution is -0.159. The minimum atomic E-state index is -0.689. The van der Waals surface area contributed by atoms with E-state index in [0.29, 0.717) is 32.7 Å². The Morgan fingerprint density at radius 2 is 2.00 bits per heavy atom. The molecule has 2 aromatic rings. The summed E-state index contributed by atoms with van der Waals surface area (Å²) in [4.78, 5) is 45.3. The van der Waals surface area contributed by atoms with Gasteiger partial charge in [0.25, 0.3) is 0 Å². The lowest BCUT2D eigenvalue weighted by Gasteiger charge is -2.37. The maximum Gasteiger partial charge on any atom is 0.245 e. The van der Waals surface area contributed by atoms with Crippen LogP contribution in [0.1, 0.15) is 37.9 Å². The van der Waals surface area contributed by atoms with E-state index in [0.717, 1.165) is 28.1 Å². The number of amides is 3. The van der Waals surface area contributed by atoms with Crippen LogP contribution in [0.5, 0.6) is 0 Å². The van der Waals surface area contributed by atoms with Crippen LogP contribution in [0, 0.1) is 12.3 Å². The van der Waals surface area contributed by atoms with Crippen molar-refractivity contribution < 1.29 is 19.1 Å². The number of nitrogens with one attached hydrogen (secondary N) is 2. The molecule has 2 aliphatic heterocycles. The Balaban J connectivity index is 1.31. The summed E-state index contributed by atoms with van der Waals surface area (Å²) in [6.45, 7) is 7.11. The molecule has 0 radical (unpaired) electrons. The second-order valence-electron chi connectivity index (χ2n) is 9.12. The van der Waals surface area contributed by atoms with E-state index in [1.54, 1.807) is 23.2 Å². The fraction of sp³-hybridized carbons (Fsp3) is 0.500. The first kappa shape index (κ1) is 23.4. The fourth-order valence-electron chi connectivity index (χ4n) is 4.18. The summed E-state index contributed by atoms with van der Waals surface area (Å²) < 4.78 is 5.13. The first-order valence-corrected chi connectivity index (χ1v) is 12.1. The molecule has 33 heavy (non-hydrogen) atoms. The van der Waals surface area contributed by atoms with E-state index < -0.39 is 17.5 Å². The number of ether oxygens (including phenoxy) is 1. The normalized spacial score (nSPS) is 20.1. The molecule has 4 rings (SSSR count). The van der Waals surface area contributed by atoms with Crippen LogP contribution in [0.4, 0.5) is 0 Å². The molecule has 3 heterocycles. The molecule has 0 bridgehead atoms. The second-order valence-corrected chi connectivity index (χ2v) is 9.97. The number of hydrogen-bond donors (Lipinski definition) is 2. The SMILES string of the molecule is Cc1ncsc1-c1ccc(CNC(=O)C2CCCN2C(=O)C(C)NC(=O)C2(C)COC2)cc1. The van der Waals surface area contributed by atoms with Crippen molar-refractivity contribution in [3.63, 3.8) is 0 Å². The van der Waals surface area contributed by atoms with Crippen molar-refractivity contribution >= 4 is 29.1 Å². The quantitative estimate of drug-likeness (QED) is 0.647. The summed E-state index contributed by atoms with van der Waals surface area (Å²) in [6.07, 6.45) is 1.38. The molecule has 2 N–H and O–H groups in total. The van der Waals surface area contributed by atoms with E-state index in [1.807, 2.05) is 43.6 Å². The van der Waals surface area contributed by atoms with Gasteiger partial charge in [-0.05, 0) is 44.7 Å². The van der Waals surface area contributed by atoms with Gasteiger partial charge in [0.05, 0.1) is 34.7 Å². The standard InChI is InChI=1S/C24H30N4O4S/c1-15-20(33-14-26-15)18-8-6-17(7-9-18)11-25-21(29)19-5-4-10-28(19)22(30)16(2)27-23(31)24(3)12-32-13-24/h6-9,14,16,19H,4-5,10-13H2,1-3H3,(H,25,29)(H,27,31). The summed E-state index contributed by atoms with van der Waals surface area (Å²) >= 11 is 1.61. The fourth-order valence-corrected chi connectivity index (χ4v) is 5.00. The van der Waals surface area contributed by atoms with Gasteiger partial charge in [0.2, 0.25) is 17.7 Å². The zero-order chi connectivity index (χ0) is 23.6. The topological polar surface area (TPSA) is 101 Å². The van der Waals surface area contributed by atoms with Crippen LogP contribution in [0.25, 0.3) is 10.4 Å². The van der Waals surface area contributed by atoms with Gasteiger partial charge >= 0.3 is 0 Å². The molecule has 0 spiro atoms. The molecule has 8 nitrogen and oxygen atoms in total. The van der Waals surface area contributed by atoms with Crippen molar-refractivity contribution in [2.75, 3.05) is 19.8 Å². The third-order valence-electron chi connectivity index (χ3n) is 6.37. The first-order chi connectivity index (χ1) is 15.8. The average molecular weight is 471 g/mol. The highest BCUT2D eigenvalue weighted by Gasteiger charge is 2.43. The molecule has 0 aliphatic carbocycles. The van der Waals surface area contributed by atoms with Crippen LogP contribution in [-0.4, -0.2) is 59.4 Å². The molecule has 2 aliphatic rings. The number of thiazole rings is 1. The zero-order valence-electron chi connectivity index (χ0n) is 19.2. The Hall–Kier alpha value is -2.78. The number of likely N-dealkylation sites (tertiary alicyclic amines) is 1. The minimum absolute atomic E-state index is 0.166. The van der Waals surface area contributed by atoms with Gasteiger partial charge in [0.15, 0.2) is 0 Å². The lowest BCUT2D eigenvalue weighted by Crippen LogP contribution is -2.58. The number of nitrogens with zero attached hydrogens (tertiary/aromatic N) is 2. The Bertz CT molecular complexity index is 1030. The highest BCUT2D eigenvalue weighted by Crippen LogP contribution is 2.28. The van der Waals surface area contributed by atoms with E-state index >= 15 is 0 Å². The van der Waals surface area contributed by atoms with Gasteiger partial charge in [-0.15, -0.1) is 11.3 Å². The molecular formula is C24H30N4O4S. The molecule has 2 unspecified atom stereocenters. The number of carbonyl (C=O) groups excluding carboxylic acids is 3. The van der Waals surface area contributed by atoms with Crippen LogP contribution < -0.4 is 10.6 Å². The van der Waals surface area contributed by atoms with Gasteiger partial charge in [-0.2, -0.15) is 0 Å². The van der Waals surface area contributed by atoms with Gasteiger partial charge in [-0.1, -0.05) is 24.3 Å². The number of aromatic nitrogens is 1. The van der Waals surface area contributed by atoms with E-state index in [-0.39, 0.29) is 17.7 Å². The minimum Gasteiger partial charge on any atom is -0.379 e. The molecule has 9 heteroatoms. The molecule has 2 saturated heterocycles. The van der Waals surface area contributed by atoms with Gasteiger partial charge in [-0.3, -0.25) is 14.4 Å². The molecule has 2 fully saturated rings. The van der Waals surface area contributed by atoms with Crippen molar-refractivity contribution in [1.82, 2.24) is 20.5 Å². The molecule has 2 atom stereocenters. The predicted molar refractivity (Wildman–Crippen MR) is 125 cm³/mol. The molecule has 3 amide bonds. The largest absolute Gasteiger partial charge is 0.379 e. The van der Waals surface area contributed by atoms with Crippen molar-refractivity contribution in [2.45, 2.75) is 52.2 Å². The van der Waals surface area contributed by atoms with E-state index in [2.05, 4.69) is 15.6 Å². The van der Waals surface area contributed by atoms with Crippen LogP contribution in [0.2, 0.25) is 0 Å². The smallest absolute Gasteiger partial charge is 0.245 e. The molecule has 1 aromatic heterocycles. The van der Waals surface area contributed by atoms with E-state index in [9.17, 15) is 14.4 Å². The molecule has 176 valence electrons. The Morgan fingerprint density at radius 3 is 2.61 bits per heavy atom. The molecule has 1 aromatic carbocycles. The van der Waals surface area contributed by atoms with Crippen molar-refractivity contribution in [1.29, 1.82) is 0 Å². The van der Waals surface area contributed by atoms with Crippen molar-refractivity contribution in [2.24, 2.45) is 5.41 Å². The van der Waals surface area contributed by atoms with E-state index in [1.165, 1.54) is 0 Å². The summed E-state index contributed by atoms with van der Waals surface area (Å²) in [5.74, 6) is -0.581. The number of rotatable bonds is 7. The maximum absolute atomic E-state index is 13.0. The highest BCUT2D eigenvalue weighted by atomic mass is 32.1. The lowest BCUT2D eigenvalue weighted by atomic mass is 9.87. The number of carbonyl (C=O) groups is 3.